The van der Waals surface area contributed by atoms with E-state index in [0.717, 1.165) is 10.9 Å². The average Bonchev–Trinajstić information content (AvgIpc) is 2.99. The van der Waals surface area contributed by atoms with E-state index in [9.17, 15) is 8.42 Å². The Morgan fingerprint density at radius 1 is 1.17 bits per heavy atom. The molecule has 0 saturated heterocycles. The quantitative estimate of drug-likeness (QED) is 0.773. The number of benzene rings is 1. The van der Waals surface area contributed by atoms with E-state index in [0.29, 0.717) is 9.90 Å². The van der Waals surface area contributed by atoms with Gasteiger partial charge in [-0.15, -0.1) is 11.3 Å². The number of fused-ring (bicyclic) bond motifs is 1. The normalized spacial score (nSPS) is 11.8. The van der Waals surface area contributed by atoms with Gasteiger partial charge in [-0.1, -0.05) is 12.1 Å². The molecule has 0 unspecified atom stereocenters. The maximum Gasteiger partial charge on any atom is 0.271 e. The van der Waals surface area contributed by atoms with Crippen molar-refractivity contribution in [2.24, 2.45) is 0 Å². The highest BCUT2D eigenvalue weighted by molar-refractivity contribution is 7.94. The first-order valence-electron chi connectivity index (χ1n) is 5.29. The van der Waals surface area contributed by atoms with Crippen molar-refractivity contribution in [2.45, 2.75) is 4.21 Å². The number of H-pyrrole nitrogens is 1. The summed E-state index contributed by atoms with van der Waals surface area (Å²) in [5, 5.41) is 2.79. The highest BCUT2D eigenvalue weighted by Crippen LogP contribution is 2.22. The van der Waals surface area contributed by atoms with Gasteiger partial charge in [0.05, 0.1) is 5.69 Å². The predicted molar refractivity (Wildman–Crippen MR) is 73.4 cm³/mol. The number of thiophene rings is 1. The van der Waals surface area contributed by atoms with Crippen molar-refractivity contribution >= 4 is 38.0 Å². The van der Waals surface area contributed by atoms with E-state index in [4.69, 9.17) is 0 Å². The van der Waals surface area contributed by atoms with Gasteiger partial charge in [0.25, 0.3) is 10.0 Å². The molecule has 2 heterocycles. The Labute approximate surface area is 108 Å². The molecule has 3 aromatic rings. The molecule has 4 nitrogen and oxygen atoms in total. The number of hydrogen-bond acceptors (Lipinski definition) is 3. The summed E-state index contributed by atoms with van der Waals surface area (Å²) in [5.74, 6) is 0. The molecular weight excluding hydrogens is 268 g/mol. The number of nitrogens with one attached hydrogen (secondary N) is 2. The van der Waals surface area contributed by atoms with E-state index >= 15 is 0 Å². The van der Waals surface area contributed by atoms with Crippen LogP contribution < -0.4 is 4.72 Å². The molecule has 0 fully saturated rings. The Morgan fingerprint density at radius 2 is 2.06 bits per heavy atom. The van der Waals surface area contributed by atoms with Crippen molar-refractivity contribution in [3.05, 3.63) is 48.0 Å². The lowest BCUT2D eigenvalue weighted by molar-refractivity contribution is 0.603. The zero-order chi connectivity index (χ0) is 12.6. The van der Waals surface area contributed by atoms with Crippen molar-refractivity contribution in [1.29, 1.82) is 0 Å². The highest BCUT2D eigenvalue weighted by atomic mass is 32.2. The van der Waals surface area contributed by atoms with Crippen LogP contribution in [0.2, 0.25) is 0 Å². The lowest BCUT2D eigenvalue weighted by Gasteiger charge is -2.06. The third-order valence-corrected chi connectivity index (χ3v) is 5.35. The molecule has 0 aliphatic heterocycles. The summed E-state index contributed by atoms with van der Waals surface area (Å²) in [6.45, 7) is 0. The second kappa shape index (κ2) is 4.15. The van der Waals surface area contributed by atoms with Crippen molar-refractivity contribution in [2.75, 3.05) is 4.72 Å². The molecule has 0 atom stereocenters. The SMILES string of the molecule is O=S(=O)(Nc1ccc2cc[nH]c2c1)c1cccs1. The van der Waals surface area contributed by atoms with Crippen LogP contribution in [0.25, 0.3) is 10.9 Å². The number of rotatable bonds is 3. The molecular formula is C12H10N2O2S2. The van der Waals surface area contributed by atoms with Crippen LogP contribution in [0.15, 0.2) is 52.2 Å². The molecule has 18 heavy (non-hydrogen) atoms. The van der Waals surface area contributed by atoms with Gasteiger partial charge < -0.3 is 4.98 Å². The number of aromatic amines is 1. The summed E-state index contributed by atoms with van der Waals surface area (Å²) in [5.41, 5.74) is 1.46. The van der Waals surface area contributed by atoms with Crippen molar-refractivity contribution in [3.63, 3.8) is 0 Å². The van der Waals surface area contributed by atoms with Gasteiger partial charge in [0, 0.05) is 11.7 Å². The van der Waals surface area contributed by atoms with E-state index in [1.807, 2.05) is 18.3 Å². The first-order valence-corrected chi connectivity index (χ1v) is 7.65. The number of sulfonamides is 1. The molecule has 0 aliphatic rings. The largest absolute Gasteiger partial charge is 0.361 e. The summed E-state index contributed by atoms with van der Waals surface area (Å²) in [6.07, 6.45) is 1.82. The standard InChI is InChI=1S/C12H10N2O2S2/c15-18(16,12-2-1-7-17-12)14-10-4-3-9-5-6-13-11(9)8-10/h1-8,13-14H. The molecule has 92 valence electrons. The lowest BCUT2D eigenvalue weighted by atomic mass is 10.2. The van der Waals surface area contributed by atoms with E-state index in [1.54, 1.807) is 29.6 Å². The fraction of sp³-hybridized carbons (Fsp3) is 0. The second-order valence-electron chi connectivity index (χ2n) is 3.82. The van der Waals surface area contributed by atoms with Crippen molar-refractivity contribution in [1.82, 2.24) is 4.98 Å². The van der Waals surface area contributed by atoms with Crippen LogP contribution in [-0.2, 0) is 10.0 Å². The van der Waals surface area contributed by atoms with Gasteiger partial charge in [0.15, 0.2) is 0 Å². The van der Waals surface area contributed by atoms with Crippen LogP contribution in [-0.4, -0.2) is 13.4 Å². The zero-order valence-corrected chi connectivity index (χ0v) is 10.9. The molecule has 0 bridgehead atoms. The Hall–Kier alpha value is -1.79. The maximum absolute atomic E-state index is 12.0. The van der Waals surface area contributed by atoms with Crippen LogP contribution in [0.4, 0.5) is 5.69 Å². The summed E-state index contributed by atoms with van der Waals surface area (Å²) >= 11 is 1.20. The molecule has 0 radical (unpaired) electrons. The van der Waals surface area contributed by atoms with Crippen LogP contribution >= 0.6 is 11.3 Å². The maximum atomic E-state index is 12.0. The molecule has 0 spiro atoms. The van der Waals surface area contributed by atoms with E-state index < -0.39 is 10.0 Å². The molecule has 1 aromatic carbocycles. The molecule has 0 aliphatic carbocycles. The zero-order valence-electron chi connectivity index (χ0n) is 9.25. The van der Waals surface area contributed by atoms with Gasteiger partial charge in [0.1, 0.15) is 4.21 Å². The van der Waals surface area contributed by atoms with Crippen LogP contribution in [0.3, 0.4) is 0 Å². The topological polar surface area (TPSA) is 62.0 Å². The molecule has 2 N–H and O–H groups in total. The summed E-state index contributed by atoms with van der Waals surface area (Å²) in [4.78, 5) is 3.05. The van der Waals surface area contributed by atoms with E-state index in [-0.39, 0.29) is 0 Å². The van der Waals surface area contributed by atoms with Gasteiger partial charge in [0.2, 0.25) is 0 Å². The second-order valence-corrected chi connectivity index (χ2v) is 6.67. The van der Waals surface area contributed by atoms with E-state index in [2.05, 4.69) is 9.71 Å². The monoisotopic (exact) mass is 278 g/mol. The molecule has 6 heteroatoms. The van der Waals surface area contributed by atoms with Crippen molar-refractivity contribution < 1.29 is 8.42 Å². The molecule has 3 rings (SSSR count). The fourth-order valence-electron chi connectivity index (χ4n) is 1.73. The molecule has 2 aromatic heterocycles. The first kappa shape index (κ1) is 11.3. The Kier molecular flexibility index (Phi) is 2.61. The van der Waals surface area contributed by atoms with Gasteiger partial charge in [-0.25, -0.2) is 8.42 Å². The third-order valence-electron chi connectivity index (χ3n) is 2.57. The fourth-order valence-corrected chi connectivity index (χ4v) is 3.78. The van der Waals surface area contributed by atoms with Gasteiger partial charge >= 0.3 is 0 Å². The first-order chi connectivity index (χ1) is 8.65. The minimum Gasteiger partial charge on any atom is -0.361 e. The molecule has 0 saturated carbocycles. The number of anilines is 1. The highest BCUT2D eigenvalue weighted by Gasteiger charge is 2.15. The Morgan fingerprint density at radius 3 is 2.83 bits per heavy atom. The summed E-state index contributed by atoms with van der Waals surface area (Å²) in [7, 11) is -3.47. The predicted octanol–water partition coefficient (Wildman–Crippen LogP) is 3.03. The Bertz CT molecular complexity index is 773. The minimum absolute atomic E-state index is 0.314. The lowest BCUT2D eigenvalue weighted by Crippen LogP contribution is -2.11. The third kappa shape index (κ3) is 2.00. The minimum atomic E-state index is -3.47. The van der Waals surface area contributed by atoms with Crippen LogP contribution in [0, 0.1) is 0 Å². The van der Waals surface area contributed by atoms with Gasteiger partial charge in [-0.3, -0.25) is 4.72 Å². The number of hydrogen-bond donors (Lipinski definition) is 2. The molecule has 0 amide bonds. The van der Waals surface area contributed by atoms with Crippen LogP contribution in [0.5, 0.6) is 0 Å². The van der Waals surface area contributed by atoms with Gasteiger partial charge in [-0.2, -0.15) is 0 Å². The summed E-state index contributed by atoms with van der Waals surface area (Å²) in [6, 6.07) is 10.6. The van der Waals surface area contributed by atoms with Gasteiger partial charge in [-0.05, 0) is 35.0 Å². The van der Waals surface area contributed by atoms with Crippen molar-refractivity contribution in [3.8, 4) is 0 Å². The number of aromatic nitrogens is 1. The van der Waals surface area contributed by atoms with Crippen LogP contribution in [0.1, 0.15) is 0 Å². The smallest absolute Gasteiger partial charge is 0.271 e. The average molecular weight is 278 g/mol. The van der Waals surface area contributed by atoms with E-state index in [1.165, 1.54) is 11.3 Å². The summed E-state index contributed by atoms with van der Waals surface area (Å²) < 4.78 is 26.9. The Balaban J connectivity index is 1.97.